The van der Waals surface area contributed by atoms with E-state index in [1.807, 2.05) is 13.1 Å². The Kier molecular flexibility index (Phi) is 5.77. The predicted octanol–water partition coefficient (Wildman–Crippen LogP) is -0.0565. The average Bonchev–Trinajstić information content (AvgIpc) is 3.15. The third kappa shape index (κ3) is 3.40. The number of phenols is 1. The number of benzene rings is 1. The molecule has 11 heteroatoms. The van der Waals surface area contributed by atoms with Gasteiger partial charge in [0.2, 0.25) is 5.91 Å². The summed E-state index contributed by atoms with van der Waals surface area (Å²) in [7, 11) is 1.98. The lowest BCUT2D eigenvalue weighted by Gasteiger charge is -2.56. The molecule has 36 heavy (non-hydrogen) atoms. The highest BCUT2D eigenvalue weighted by Crippen LogP contribution is 2.64. The van der Waals surface area contributed by atoms with Crippen LogP contribution in [0, 0.1) is 0 Å². The average molecular weight is 503 g/mol. The van der Waals surface area contributed by atoms with Crippen molar-refractivity contribution in [1.82, 2.24) is 10.2 Å². The predicted molar refractivity (Wildman–Crippen MR) is 123 cm³/mol. The van der Waals surface area contributed by atoms with Crippen LogP contribution in [0.3, 0.4) is 0 Å². The molecule has 2 bridgehead atoms. The van der Waals surface area contributed by atoms with Crippen LogP contribution in [0.4, 0.5) is 0 Å². The van der Waals surface area contributed by atoms with Gasteiger partial charge in [-0.1, -0.05) is 6.07 Å². The number of carbonyl (C=O) groups excluding carboxylic acids is 2. The number of aliphatic carboxylic acids is 1. The Bertz CT molecular complexity index is 1160. The molecule has 1 amide bonds. The third-order valence-corrected chi connectivity index (χ3v) is 8.17. The summed E-state index contributed by atoms with van der Waals surface area (Å²) in [6, 6.07) is 1.60. The van der Waals surface area contributed by atoms with Crippen LogP contribution in [0.5, 0.6) is 11.5 Å². The minimum Gasteiger partial charge on any atom is -0.504 e. The second-order valence-electron chi connectivity index (χ2n) is 10.2. The van der Waals surface area contributed by atoms with Crippen molar-refractivity contribution in [1.29, 1.82) is 0 Å². The van der Waals surface area contributed by atoms with E-state index in [1.165, 1.54) is 6.92 Å². The van der Waals surface area contributed by atoms with Crippen molar-refractivity contribution in [3.8, 4) is 11.5 Å². The Labute approximate surface area is 207 Å². The summed E-state index contributed by atoms with van der Waals surface area (Å²) < 4.78 is 11.9. The summed E-state index contributed by atoms with van der Waals surface area (Å²) in [5.74, 6) is -2.94. The number of likely N-dealkylation sites (tertiary alicyclic amines) is 1. The van der Waals surface area contributed by atoms with E-state index >= 15 is 0 Å². The highest BCUT2D eigenvalue weighted by atomic mass is 16.6. The van der Waals surface area contributed by atoms with Gasteiger partial charge in [0.25, 0.3) is 0 Å². The zero-order valence-electron chi connectivity index (χ0n) is 20.1. The number of aliphatic hydroxyl groups is 2. The molecule has 2 aliphatic carbocycles. The molecular weight excluding hydrogens is 472 g/mol. The number of esters is 1. The fourth-order valence-corrected chi connectivity index (χ4v) is 6.52. The van der Waals surface area contributed by atoms with Gasteiger partial charge in [-0.05, 0) is 57.5 Å². The van der Waals surface area contributed by atoms with E-state index in [4.69, 9.17) is 9.47 Å². The van der Waals surface area contributed by atoms with Gasteiger partial charge in [-0.25, -0.2) is 4.79 Å². The number of rotatable bonds is 6. The first kappa shape index (κ1) is 24.5. The maximum Gasteiger partial charge on any atom is 0.326 e. The molecule has 1 aromatic rings. The van der Waals surface area contributed by atoms with E-state index in [2.05, 4.69) is 10.2 Å². The summed E-state index contributed by atoms with van der Waals surface area (Å²) >= 11 is 0. The van der Waals surface area contributed by atoms with Crippen LogP contribution >= 0.6 is 0 Å². The largest absolute Gasteiger partial charge is 0.504 e. The number of aromatic hydroxyl groups is 1. The lowest BCUT2D eigenvalue weighted by molar-refractivity contribution is -0.154. The fourth-order valence-electron chi connectivity index (χ4n) is 6.52. The molecule has 194 valence electrons. The molecule has 1 fully saturated rings. The van der Waals surface area contributed by atoms with Crippen molar-refractivity contribution in [3.05, 3.63) is 35.1 Å². The van der Waals surface area contributed by atoms with Crippen LogP contribution in [-0.4, -0.2) is 86.7 Å². The van der Waals surface area contributed by atoms with Gasteiger partial charge < -0.3 is 40.1 Å². The molecule has 2 aliphatic heterocycles. The number of carboxylic acid groups (broad SMARTS) is 1. The normalized spacial score (nSPS) is 31.7. The van der Waals surface area contributed by atoms with Gasteiger partial charge in [0.05, 0.1) is 17.4 Å². The zero-order chi connectivity index (χ0) is 26.0. The lowest BCUT2D eigenvalue weighted by Crippen LogP contribution is -2.69. The van der Waals surface area contributed by atoms with E-state index in [9.17, 15) is 34.8 Å². The van der Waals surface area contributed by atoms with Crippen molar-refractivity contribution in [2.45, 2.75) is 74.3 Å². The van der Waals surface area contributed by atoms with Crippen LogP contribution in [0.2, 0.25) is 0 Å². The topological polar surface area (TPSA) is 166 Å². The number of aliphatic hydroxyl groups excluding tert-OH is 1. The van der Waals surface area contributed by atoms with Crippen LogP contribution in [0.25, 0.3) is 0 Å². The third-order valence-electron chi connectivity index (χ3n) is 8.17. The molecule has 6 atom stereocenters. The monoisotopic (exact) mass is 502 g/mol. The Morgan fingerprint density at radius 1 is 1.33 bits per heavy atom. The molecule has 0 aromatic heterocycles. The second kappa shape index (κ2) is 8.46. The smallest absolute Gasteiger partial charge is 0.326 e. The Balaban J connectivity index is 1.48. The minimum atomic E-state index is -1.60. The molecule has 1 spiro atoms. The van der Waals surface area contributed by atoms with E-state index in [1.54, 1.807) is 12.1 Å². The molecule has 0 unspecified atom stereocenters. The van der Waals surface area contributed by atoms with E-state index < -0.39 is 53.5 Å². The second-order valence-corrected chi connectivity index (χ2v) is 10.2. The first-order valence-corrected chi connectivity index (χ1v) is 12.1. The van der Waals surface area contributed by atoms with E-state index in [-0.39, 0.29) is 29.7 Å². The number of ether oxygens (including phenoxy) is 2. The number of amides is 1. The number of phenolic OH excluding ortho intramolecular Hbond substituents is 1. The van der Waals surface area contributed by atoms with Gasteiger partial charge in [-0.2, -0.15) is 0 Å². The lowest BCUT2D eigenvalue weighted by atomic mass is 9.52. The molecule has 2 heterocycles. The SMILES string of the molecule is C[C@H](O)C(=O)N[C@@H](CC(=O)OC1=CC[C@@]2(O)[C@H]3Cc4ccc(O)c5c4[C@@]2(CCCN3C)[C@H]1O5)C(=O)O. The van der Waals surface area contributed by atoms with Crippen molar-refractivity contribution >= 4 is 17.8 Å². The standard InChI is InChI=1S/C25H30N2O9/c1-12(28)22(31)26-14(23(32)33)11-18(30)35-16-6-8-25(34)17-10-13-4-5-15(29)20-19(13)24(25,21(16)36-20)7-3-9-27(17)2/h4-6,12,14,17,21,28-29,34H,3,7-11H2,1-2H3,(H,26,31)(H,32,33)/t12-,14-,17+,21-,24-,25+/m0/s1. The number of carbonyl (C=O) groups is 3. The molecule has 0 radical (unpaired) electrons. The number of hydrogen-bond donors (Lipinski definition) is 5. The van der Waals surface area contributed by atoms with Crippen molar-refractivity contribution < 1.29 is 44.3 Å². The van der Waals surface area contributed by atoms with Gasteiger partial charge >= 0.3 is 11.9 Å². The Hall–Kier alpha value is -3.15. The number of nitrogens with zero attached hydrogens (tertiary/aromatic N) is 1. The molecule has 11 nitrogen and oxygen atoms in total. The van der Waals surface area contributed by atoms with Gasteiger partial charge in [0, 0.05) is 18.0 Å². The van der Waals surface area contributed by atoms with Gasteiger partial charge in [0.1, 0.15) is 17.9 Å². The summed E-state index contributed by atoms with van der Waals surface area (Å²) in [4.78, 5) is 38.3. The molecule has 1 aromatic carbocycles. The number of nitrogens with one attached hydrogen (secondary N) is 1. The zero-order valence-corrected chi connectivity index (χ0v) is 20.1. The van der Waals surface area contributed by atoms with Crippen molar-refractivity contribution in [3.63, 3.8) is 0 Å². The first-order chi connectivity index (χ1) is 17.0. The van der Waals surface area contributed by atoms with E-state index in [0.29, 0.717) is 12.8 Å². The molecule has 4 aliphatic rings. The van der Waals surface area contributed by atoms with E-state index in [0.717, 1.165) is 24.1 Å². The molecule has 1 saturated heterocycles. The fraction of sp³-hybridized carbons (Fsp3) is 0.560. The van der Waals surface area contributed by atoms with Gasteiger partial charge in [-0.3, -0.25) is 9.59 Å². The van der Waals surface area contributed by atoms with Crippen molar-refractivity contribution in [2.24, 2.45) is 0 Å². The highest BCUT2D eigenvalue weighted by molar-refractivity contribution is 5.88. The van der Waals surface area contributed by atoms with Crippen LogP contribution in [-0.2, 0) is 31.0 Å². The molecule has 5 rings (SSSR count). The molecule has 0 saturated carbocycles. The maximum absolute atomic E-state index is 12.8. The van der Waals surface area contributed by atoms with Crippen molar-refractivity contribution in [2.75, 3.05) is 13.6 Å². The van der Waals surface area contributed by atoms with Crippen LogP contribution in [0.15, 0.2) is 24.0 Å². The summed E-state index contributed by atoms with van der Waals surface area (Å²) in [6.45, 7) is 1.94. The van der Waals surface area contributed by atoms with Gasteiger partial charge in [-0.15, -0.1) is 0 Å². The van der Waals surface area contributed by atoms with Crippen LogP contribution < -0.4 is 10.1 Å². The maximum atomic E-state index is 12.8. The molecular formula is C25H30N2O9. The van der Waals surface area contributed by atoms with Gasteiger partial charge in [0.15, 0.2) is 17.6 Å². The summed E-state index contributed by atoms with van der Waals surface area (Å²) in [5, 5.41) is 43.8. The Morgan fingerprint density at radius 3 is 2.78 bits per heavy atom. The highest BCUT2D eigenvalue weighted by Gasteiger charge is 2.71. The quantitative estimate of drug-likeness (QED) is 0.333. The Morgan fingerprint density at radius 2 is 2.08 bits per heavy atom. The molecule has 5 N–H and O–H groups in total. The summed E-state index contributed by atoms with van der Waals surface area (Å²) in [5.41, 5.74) is -0.482. The number of likely N-dealkylation sites (N-methyl/N-ethyl adjacent to an activating group) is 1. The number of hydrogen-bond acceptors (Lipinski definition) is 9. The number of carboxylic acids is 1. The minimum absolute atomic E-state index is 0.0617. The first-order valence-electron chi connectivity index (χ1n) is 12.1. The van der Waals surface area contributed by atoms with Crippen LogP contribution in [0.1, 0.15) is 43.7 Å². The summed E-state index contributed by atoms with van der Waals surface area (Å²) in [6.07, 6.45) is 0.634.